The van der Waals surface area contributed by atoms with E-state index in [1.54, 1.807) is 18.2 Å². The Bertz CT molecular complexity index is 557. The van der Waals surface area contributed by atoms with Gasteiger partial charge >= 0.3 is 5.97 Å². The van der Waals surface area contributed by atoms with Gasteiger partial charge in [-0.25, -0.2) is 4.79 Å². The summed E-state index contributed by atoms with van der Waals surface area (Å²) in [4.78, 5) is 22.9. The monoisotopic (exact) mass is 324 g/mol. The molecule has 1 aromatic rings. The molecule has 5 nitrogen and oxygen atoms in total. The summed E-state index contributed by atoms with van der Waals surface area (Å²) in [6.07, 6.45) is 4.15. The van der Waals surface area contributed by atoms with Gasteiger partial charge in [-0.2, -0.15) is 0 Å². The van der Waals surface area contributed by atoms with Crippen LogP contribution in [0.5, 0.6) is 0 Å². The number of anilines is 1. The van der Waals surface area contributed by atoms with Crippen molar-refractivity contribution in [1.29, 1.82) is 0 Å². The van der Waals surface area contributed by atoms with Gasteiger partial charge in [0.1, 0.15) is 0 Å². The second-order valence-corrected chi connectivity index (χ2v) is 5.33. The Morgan fingerprint density at radius 1 is 1.32 bits per heavy atom. The van der Waals surface area contributed by atoms with E-state index in [2.05, 4.69) is 21.2 Å². The zero-order valence-electron chi connectivity index (χ0n) is 9.97. The number of carboxylic acids is 1. The topological polar surface area (TPSA) is 92.4 Å². The lowest BCUT2D eigenvalue weighted by Crippen LogP contribution is -2.24. The third kappa shape index (κ3) is 3.42. The number of carboxylic acid groups (broad SMARTS) is 1. The average molecular weight is 325 g/mol. The van der Waals surface area contributed by atoms with Gasteiger partial charge in [-0.3, -0.25) is 4.79 Å². The number of halogens is 1. The summed E-state index contributed by atoms with van der Waals surface area (Å²) in [5.74, 6) is -1.49. The third-order valence-electron chi connectivity index (χ3n) is 2.87. The molecule has 0 saturated carbocycles. The Morgan fingerprint density at radius 2 is 2.05 bits per heavy atom. The normalized spacial score (nSPS) is 21.4. The molecule has 0 saturated heterocycles. The minimum Gasteiger partial charge on any atom is -0.478 e. The quantitative estimate of drug-likeness (QED) is 0.741. The molecule has 1 aliphatic rings. The van der Waals surface area contributed by atoms with Crippen LogP contribution in [0.15, 0.2) is 34.8 Å². The molecule has 2 unspecified atom stereocenters. The molecular weight excluding hydrogens is 312 g/mol. The lowest BCUT2D eigenvalue weighted by Gasteiger charge is -2.11. The van der Waals surface area contributed by atoms with Crippen LogP contribution < -0.4 is 11.1 Å². The van der Waals surface area contributed by atoms with E-state index < -0.39 is 5.97 Å². The lowest BCUT2D eigenvalue weighted by molar-refractivity contribution is -0.118. The predicted octanol–water partition coefficient (Wildman–Crippen LogP) is 1.99. The van der Waals surface area contributed by atoms with E-state index in [9.17, 15) is 9.59 Å². The average Bonchev–Trinajstić information content (AvgIpc) is 2.75. The molecule has 19 heavy (non-hydrogen) atoms. The molecule has 6 heteroatoms. The molecule has 0 heterocycles. The maximum absolute atomic E-state index is 12.0. The Balaban J connectivity index is 2.13. The Morgan fingerprint density at radius 3 is 2.63 bits per heavy atom. The molecule has 1 aromatic carbocycles. The fraction of sp³-hybridized carbons (Fsp3) is 0.231. The first kappa shape index (κ1) is 13.8. The van der Waals surface area contributed by atoms with Crippen molar-refractivity contribution in [1.82, 2.24) is 0 Å². The van der Waals surface area contributed by atoms with Crippen molar-refractivity contribution in [2.24, 2.45) is 11.7 Å². The standard InChI is InChI=1S/C13H13BrN2O3/c14-9-3-8(13(18)19)5-11(6-9)16-12(17)7-1-2-10(15)4-7/h1-3,5-7,10H,4,15H2,(H,16,17)(H,18,19). The van der Waals surface area contributed by atoms with Gasteiger partial charge in [0.15, 0.2) is 0 Å². The maximum Gasteiger partial charge on any atom is 0.335 e. The largest absolute Gasteiger partial charge is 0.478 e. The van der Waals surface area contributed by atoms with Gasteiger partial charge in [-0.05, 0) is 24.6 Å². The van der Waals surface area contributed by atoms with Crippen LogP contribution in [-0.2, 0) is 4.79 Å². The number of nitrogens with one attached hydrogen (secondary N) is 1. The van der Waals surface area contributed by atoms with Crippen molar-refractivity contribution in [3.8, 4) is 0 Å². The molecule has 2 atom stereocenters. The first-order chi connectivity index (χ1) is 8.95. The fourth-order valence-corrected chi connectivity index (χ4v) is 2.44. The third-order valence-corrected chi connectivity index (χ3v) is 3.32. The van der Waals surface area contributed by atoms with Gasteiger partial charge in [0, 0.05) is 16.2 Å². The summed E-state index contributed by atoms with van der Waals surface area (Å²) in [7, 11) is 0. The zero-order valence-corrected chi connectivity index (χ0v) is 11.6. The van der Waals surface area contributed by atoms with Crippen LogP contribution in [0.2, 0.25) is 0 Å². The van der Waals surface area contributed by atoms with Crippen LogP contribution in [0.3, 0.4) is 0 Å². The Hall–Kier alpha value is -1.66. The highest BCUT2D eigenvalue weighted by atomic mass is 79.9. The van der Waals surface area contributed by atoms with Crippen LogP contribution in [-0.4, -0.2) is 23.0 Å². The summed E-state index contributed by atoms with van der Waals surface area (Å²) in [6.45, 7) is 0. The summed E-state index contributed by atoms with van der Waals surface area (Å²) < 4.78 is 0.598. The SMILES string of the molecule is NC1C=CC(C(=O)Nc2cc(Br)cc(C(=O)O)c2)C1. The molecule has 0 aliphatic heterocycles. The number of benzene rings is 1. The van der Waals surface area contributed by atoms with E-state index in [-0.39, 0.29) is 23.4 Å². The maximum atomic E-state index is 12.0. The molecule has 0 aromatic heterocycles. The highest BCUT2D eigenvalue weighted by molar-refractivity contribution is 9.10. The van der Waals surface area contributed by atoms with Crippen molar-refractivity contribution in [2.75, 3.05) is 5.32 Å². The second-order valence-electron chi connectivity index (χ2n) is 4.41. The number of carbonyl (C=O) groups is 2. The Labute approximate surface area is 118 Å². The van der Waals surface area contributed by atoms with E-state index in [1.807, 2.05) is 0 Å². The summed E-state index contributed by atoms with van der Waals surface area (Å²) >= 11 is 3.22. The first-order valence-electron chi connectivity index (χ1n) is 5.74. The van der Waals surface area contributed by atoms with Crippen LogP contribution in [0.1, 0.15) is 16.8 Å². The van der Waals surface area contributed by atoms with Crippen molar-refractivity contribution in [3.63, 3.8) is 0 Å². The van der Waals surface area contributed by atoms with Crippen molar-refractivity contribution >= 4 is 33.5 Å². The summed E-state index contributed by atoms with van der Waals surface area (Å²) in [5, 5.41) is 11.7. The molecule has 0 spiro atoms. The molecule has 1 amide bonds. The van der Waals surface area contributed by atoms with Crippen molar-refractivity contribution in [3.05, 3.63) is 40.4 Å². The number of rotatable bonds is 3. The van der Waals surface area contributed by atoms with E-state index >= 15 is 0 Å². The van der Waals surface area contributed by atoms with Crippen LogP contribution >= 0.6 is 15.9 Å². The molecule has 0 bridgehead atoms. The first-order valence-corrected chi connectivity index (χ1v) is 6.53. The van der Waals surface area contributed by atoms with Gasteiger partial charge in [0.25, 0.3) is 0 Å². The number of carbonyl (C=O) groups excluding carboxylic acids is 1. The van der Waals surface area contributed by atoms with E-state index in [4.69, 9.17) is 10.8 Å². The molecule has 2 rings (SSSR count). The highest BCUT2D eigenvalue weighted by Gasteiger charge is 2.22. The summed E-state index contributed by atoms with van der Waals surface area (Å²) in [5.41, 5.74) is 6.26. The minimum atomic E-state index is -1.04. The molecular formula is C13H13BrN2O3. The zero-order chi connectivity index (χ0) is 14.0. The lowest BCUT2D eigenvalue weighted by atomic mass is 10.1. The van der Waals surface area contributed by atoms with E-state index in [0.29, 0.717) is 16.6 Å². The van der Waals surface area contributed by atoms with Crippen LogP contribution in [0.4, 0.5) is 5.69 Å². The number of nitrogens with two attached hydrogens (primary N) is 1. The fourth-order valence-electron chi connectivity index (χ4n) is 1.94. The number of aromatic carboxylic acids is 1. The molecule has 100 valence electrons. The van der Waals surface area contributed by atoms with Gasteiger partial charge in [0.05, 0.1) is 11.5 Å². The van der Waals surface area contributed by atoms with Gasteiger partial charge in [-0.15, -0.1) is 0 Å². The second kappa shape index (κ2) is 5.54. The number of amides is 1. The minimum absolute atomic E-state index is 0.0900. The van der Waals surface area contributed by atoms with Crippen molar-refractivity contribution in [2.45, 2.75) is 12.5 Å². The van der Waals surface area contributed by atoms with Gasteiger partial charge in [-0.1, -0.05) is 28.1 Å². The Kier molecular flexibility index (Phi) is 4.01. The molecule has 0 radical (unpaired) electrons. The van der Waals surface area contributed by atoms with Crippen molar-refractivity contribution < 1.29 is 14.7 Å². The molecule has 4 N–H and O–H groups in total. The number of hydrogen-bond acceptors (Lipinski definition) is 3. The van der Waals surface area contributed by atoms with E-state index in [1.165, 1.54) is 12.1 Å². The van der Waals surface area contributed by atoms with Gasteiger partial charge < -0.3 is 16.2 Å². The molecule has 1 aliphatic carbocycles. The highest BCUT2D eigenvalue weighted by Crippen LogP contribution is 2.22. The number of hydrogen-bond donors (Lipinski definition) is 3. The molecule has 0 fully saturated rings. The smallest absolute Gasteiger partial charge is 0.335 e. The summed E-state index contributed by atoms with van der Waals surface area (Å²) in [6, 6.07) is 4.46. The van der Waals surface area contributed by atoms with E-state index in [0.717, 1.165) is 0 Å². The van der Waals surface area contributed by atoms with Crippen LogP contribution in [0, 0.1) is 5.92 Å². The van der Waals surface area contributed by atoms with Crippen LogP contribution in [0.25, 0.3) is 0 Å². The predicted molar refractivity (Wildman–Crippen MR) is 75.0 cm³/mol. The van der Waals surface area contributed by atoms with Gasteiger partial charge in [0.2, 0.25) is 5.91 Å².